The van der Waals surface area contributed by atoms with E-state index in [1.807, 2.05) is 0 Å². The van der Waals surface area contributed by atoms with Crippen molar-refractivity contribution in [2.75, 3.05) is 5.32 Å². The molecule has 0 aliphatic carbocycles. The number of nitrogens with zero attached hydrogens (tertiary/aromatic N) is 4. The summed E-state index contributed by atoms with van der Waals surface area (Å²) in [5.74, 6) is -3.51. The van der Waals surface area contributed by atoms with Gasteiger partial charge in [-0.05, 0) is 26.0 Å². The lowest BCUT2D eigenvalue weighted by Gasteiger charge is -2.29. The second-order valence-electron chi connectivity index (χ2n) is 7.11. The molecule has 0 bridgehead atoms. The van der Waals surface area contributed by atoms with E-state index in [1.165, 1.54) is 0 Å². The Morgan fingerprint density at radius 1 is 1.06 bits per heavy atom. The molecule has 2 aromatic heterocycles. The third kappa shape index (κ3) is 5.21. The lowest BCUT2D eigenvalue weighted by Crippen LogP contribution is -2.44. The second-order valence-corrected chi connectivity index (χ2v) is 7.11. The van der Waals surface area contributed by atoms with Crippen LogP contribution in [0.25, 0.3) is 17.1 Å². The van der Waals surface area contributed by atoms with Gasteiger partial charge in [-0.3, -0.25) is 4.79 Å². The van der Waals surface area contributed by atoms with E-state index < -0.39 is 41.2 Å². The molecule has 33 heavy (non-hydrogen) atoms. The number of alkyl halides is 6. The van der Waals surface area contributed by atoms with Gasteiger partial charge in [-0.1, -0.05) is 0 Å². The molecule has 3 rings (SSSR count). The molecule has 7 nitrogen and oxygen atoms in total. The minimum Gasteiger partial charge on any atom is -0.478 e. The Hall–Kier alpha value is -3.71. The number of carbonyl (C=O) groups is 1. The van der Waals surface area contributed by atoms with Crippen LogP contribution < -0.4 is 10.1 Å². The first-order chi connectivity index (χ1) is 15.2. The van der Waals surface area contributed by atoms with Crippen molar-refractivity contribution in [1.82, 2.24) is 19.7 Å². The highest BCUT2D eigenvalue weighted by molar-refractivity contribution is 5.74. The van der Waals surface area contributed by atoms with Crippen molar-refractivity contribution in [2.45, 2.75) is 31.8 Å². The summed E-state index contributed by atoms with van der Waals surface area (Å²) in [4.78, 5) is 17.3. The number of rotatable bonds is 6. The summed E-state index contributed by atoms with van der Waals surface area (Å²) in [7, 11) is 0. The molecular weight excluding hydrogens is 463 g/mol. The third-order valence-electron chi connectivity index (χ3n) is 4.25. The van der Waals surface area contributed by atoms with Gasteiger partial charge in [-0.15, -0.1) is 5.10 Å². The van der Waals surface area contributed by atoms with E-state index in [0.29, 0.717) is 6.07 Å². The van der Waals surface area contributed by atoms with Gasteiger partial charge < -0.3 is 10.1 Å². The summed E-state index contributed by atoms with van der Waals surface area (Å²) in [6.45, 7) is 1.49. The number of carbonyl (C=O) groups excluding carboxylic acids is 1. The number of ether oxygens (including phenoxy) is 1. The number of hydrogen-bond donors (Lipinski definition) is 1. The zero-order chi connectivity index (χ0) is 24.6. The number of nitrogens with one attached hydrogen (secondary N) is 1. The van der Waals surface area contributed by atoms with Crippen LogP contribution in [-0.2, 0) is 11.0 Å². The summed E-state index contributed by atoms with van der Waals surface area (Å²) >= 11 is 0. The van der Waals surface area contributed by atoms with Crippen LogP contribution in [0.15, 0.2) is 36.5 Å². The van der Waals surface area contributed by atoms with Gasteiger partial charge in [0.05, 0.1) is 5.69 Å². The smallest absolute Gasteiger partial charge is 0.451 e. The van der Waals surface area contributed by atoms with Crippen molar-refractivity contribution in [2.24, 2.45) is 0 Å². The molecule has 0 spiro atoms. The molecule has 0 radical (unpaired) electrons. The van der Waals surface area contributed by atoms with Crippen LogP contribution in [0.4, 0.5) is 36.6 Å². The molecule has 14 heteroatoms. The van der Waals surface area contributed by atoms with Crippen LogP contribution in [0.1, 0.15) is 19.7 Å². The molecule has 0 saturated heterocycles. The van der Waals surface area contributed by atoms with Gasteiger partial charge >= 0.3 is 12.4 Å². The van der Waals surface area contributed by atoms with Crippen LogP contribution >= 0.6 is 0 Å². The minimum absolute atomic E-state index is 0.0969. The Bertz CT molecular complexity index is 1170. The van der Waals surface area contributed by atoms with Gasteiger partial charge in [0.15, 0.2) is 17.2 Å². The summed E-state index contributed by atoms with van der Waals surface area (Å²) < 4.78 is 98.6. The summed E-state index contributed by atoms with van der Waals surface area (Å²) in [6, 6.07) is 4.89. The molecule has 0 saturated carbocycles. The van der Waals surface area contributed by atoms with E-state index in [9.17, 15) is 35.5 Å². The van der Waals surface area contributed by atoms with Crippen LogP contribution in [-0.4, -0.2) is 37.9 Å². The Labute approximate surface area is 181 Å². The highest BCUT2D eigenvalue weighted by Gasteiger charge is 2.50. The molecule has 0 fully saturated rings. The fourth-order valence-electron chi connectivity index (χ4n) is 2.62. The summed E-state index contributed by atoms with van der Waals surface area (Å²) in [6.07, 6.45) is -8.60. The van der Waals surface area contributed by atoms with Crippen molar-refractivity contribution in [1.29, 1.82) is 0 Å². The number of hydrogen-bond acceptors (Lipinski definition) is 5. The van der Waals surface area contributed by atoms with Gasteiger partial charge in [-0.2, -0.15) is 26.3 Å². The van der Waals surface area contributed by atoms with E-state index in [4.69, 9.17) is 4.74 Å². The van der Waals surface area contributed by atoms with Crippen LogP contribution in [0, 0.1) is 5.82 Å². The normalized spacial score (nSPS) is 12.5. The first-order valence-corrected chi connectivity index (χ1v) is 8.99. The molecule has 1 N–H and O–H groups in total. The van der Waals surface area contributed by atoms with Gasteiger partial charge in [0.25, 0.3) is 0 Å². The zero-order valence-corrected chi connectivity index (χ0v) is 16.8. The van der Waals surface area contributed by atoms with E-state index in [2.05, 4.69) is 20.4 Å². The molecule has 2 heterocycles. The molecule has 0 aliphatic heterocycles. The van der Waals surface area contributed by atoms with E-state index in [-0.39, 0.29) is 23.5 Å². The van der Waals surface area contributed by atoms with Crippen molar-refractivity contribution in [3.8, 4) is 22.8 Å². The van der Waals surface area contributed by atoms with Gasteiger partial charge in [0, 0.05) is 30.0 Å². The van der Waals surface area contributed by atoms with Gasteiger partial charge in [0.1, 0.15) is 11.6 Å². The Balaban J connectivity index is 2.14. The molecule has 176 valence electrons. The quantitative estimate of drug-likeness (QED) is 0.409. The van der Waals surface area contributed by atoms with Crippen LogP contribution in [0.5, 0.6) is 5.75 Å². The Morgan fingerprint density at radius 2 is 1.76 bits per heavy atom. The molecule has 0 aliphatic rings. The number of amides is 1. The SMILES string of the molecule is CC(C)(Oc1cc(F)cc(-c2cc(NC=O)nn2-c2ccnc(C(F)(F)F)n2)c1)C(F)(F)F. The number of anilines is 1. The van der Waals surface area contributed by atoms with Crippen molar-refractivity contribution in [3.63, 3.8) is 0 Å². The largest absolute Gasteiger partial charge is 0.478 e. The maximum Gasteiger partial charge on any atom is 0.451 e. The topological polar surface area (TPSA) is 81.9 Å². The molecule has 3 aromatic rings. The van der Waals surface area contributed by atoms with Crippen molar-refractivity contribution >= 4 is 12.2 Å². The highest BCUT2D eigenvalue weighted by atomic mass is 19.4. The van der Waals surface area contributed by atoms with E-state index in [0.717, 1.165) is 49.0 Å². The standard InChI is InChI=1S/C19H14F7N5O2/c1-17(2,19(24,25)26)33-12-6-10(5-11(20)7-12)13-8-14(28-9-32)30-31(13)15-3-4-27-16(29-15)18(21,22)23/h3-9H,1-2H3,(H,28,30,32). The maximum absolute atomic E-state index is 14.3. The Morgan fingerprint density at radius 3 is 2.36 bits per heavy atom. The van der Waals surface area contributed by atoms with Gasteiger partial charge in [-0.25, -0.2) is 19.0 Å². The van der Waals surface area contributed by atoms with Crippen LogP contribution in [0.3, 0.4) is 0 Å². The molecule has 1 aromatic carbocycles. The minimum atomic E-state index is -4.88. The third-order valence-corrected chi connectivity index (χ3v) is 4.25. The number of benzene rings is 1. The number of halogens is 7. The molecule has 1 amide bonds. The zero-order valence-electron chi connectivity index (χ0n) is 16.8. The summed E-state index contributed by atoms with van der Waals surface area (Å²) in [5.41, 5.74) is -2.88. The second kappa shape index (κ2) is 8.33. The predicted octanol–water partition coefficient (Wildman–Crippen LogP) is 4.78. The van der Waals surface area contributed by atoms with Crippen LogP contribution in [0.2, 0.25) is 0 Å². The van der Waals surface area contributed by atoms with Crippen molar-refractivity contribution < 1.29 is 40.3 Å². The summed E-state index contributed by atoms with van der Waals surface area (Å²) in [5, 5.41) is 6.10. The first kappa shape index (κ1) is 23.9. The van der Waals surface area contributed by atoms with E-state index in [1.54, 1.807) is 0 Å². The predicted molar refractivity (Wildman–Crippen MR) is 100.0 cm³/mol. The lowest BCUT2D eigenvalue weighted by atomic mass is 10.1. The average molecular weight is 477 g/mol. The fraction of sp³-hybridized carbons (Fsp3) is 0.263. The molecular formula is C19H14F7N5O2. The highest BCUT2D eigenvalue weighted by Crippen LogP contribution is 2.36. The Kier molecular flexibility index (Phi) is 6.04. The maximum atomic E-state index is 14.3. The van der Waals surface area contributed by atoms with Gasteiger partial charge in [0.2, 0.25) is 12.2 Å². The fourth-order valence-corrected chi connectivity index (χ4v) is 2.62. The van der Waals surface area contributed by atoms with Crippen molar-refractivity contribution in [3.05, 3.63) is 48.2 Å². The molecule has 0 atom stereocenters. The van der Waals surface area contributed by atoms with E-state index >= 15 is 0 Å². The average Bonchev–Trinajstić information content (AvgIpc) is 3.10. The number of aromatic nitrogens is 4. The molecule has 0 unspecified atom stereocenters. The lowest BCUT2D eigenvalue weighted by molar-refractivity contribution is -0.234. The first-order valence-electron chi connectivity index (χ1n) is 8.99. The monoisotopic (exact) mass is 477 g/mol.